The highest BCUT2D eigenvalue weighted by atomic mass is 16.5. The van der Waals surface area contributed by atoms with Crippen LogP contribution in [0.25, 0.3) is 0 Å². The molecule has 0 saturated carbocycles. The van der Waals surface area contributed by atoms with Crippen LogP contribution in [0, 0.1) is 6.92 Å². The number of aryl methyl sites for hydroxylation is 1. The van der Waals surface area contributed by atoms with E-state index in [1.807, 2.05) is 13.0 Å². The first kappa shape index (κ1) is 11.5. The van der Waals surface area contributed by atoms with E-state index in [1.165, 1.54) is 0 Å². The molecule has 0 amide bonds. The Morgan fingerprint density at radius 1 is 1.24 bits per heavy atom. The van der Waals surface area contributed by atoms with Crippen molar-refractivity contribution in [3.05, 3.63) is 47.7 Å². The first-order valence-electron chi connectivity index (χ1n) is 5.25. The summed E-state index contributed by atoms with van der Waals surface area (Å²) >= 11 is 0. The lowest BCUT2D eigenvalue weighted by atomic mass is 10.0. The van der Waals surface area contributed by atoms with E-state index in [0.29, 0.717) is 11.6 Å². The van der Waals surface area contributed by atoms with Crippen LogP contribution >= 0.6 is 0 Å². The van der Waals surface area contributed by atoms with Gasteiger partial charge in [-0.25, -0.2) is 4.98 Å². The zero-order chi connectivity index (χ0) is 12.3. The Morgan fingerprint density at radius 3 is 2.71 bits per heavy atom. The second-order valence-corrected chi connectivity index (χ2v) is 3.66. The molecule has 88 valence electrons. The Kier molecular flexibility index (Phi) is 3.30. The van der Waals surface area contributed by atoms with Gasteiger partial charge in [0.1, 0.15) is 5.69 Å². The molecule has 0 aliphatic rings. The monoisotopic (exact) mass is 230 g/mol. The van der Waals surface area contributed by atoms with E-state index in [1.54, 1.807) is 31.9 Å². The number of pyridine rings is 1. The molecule has 0 saturated heterocycles. The quantitative estimate of drug-likeness (QED) is 0.858. The molecule has 2 aromatic rings. The molecule has 0 aliphatic carbocycles. The fourth-order valence-corrected chi connectivity index (χ4v) is 1.66. The predicted octanol–water partition coefficient (Wildman–Crippen LogP) is 1.24. The minimum absolute atomic E-state index is 0.382. The third-order valence-electron chi connectivity index (χ3n) is 2.59. The van der Waals surface area contributed by atoms with Crippen molar-refractivity contribution < 1.29 is 4.74 Å². The van der Waals surface area contributed by atoms with Crippen molar-refractivity contribution in [2.75, 3.05) is 7.11 Å². The Labute approximate surface area is 99.7 Å². The zero-order valence-electron chi connectivity index (χ0n) is 9.79. The Balaban J connectivity index is 2.44. The van der Waals surface area contributed by atoms with Crippen molar-refractivity contribution in [3.8, 4) is 5.88 Å². The smallest absolute Gasteiger partial charge is 0.237 e. The maximum absolute atomic E-state index is 6.17. The molecule has 1 atom stereocenters. The van der Waals surface area contributed by atoms with Crippen LogP contribution in [0.2, 0.25) is 0 Å². The Morgan fingerprint density at radius 2 is 2.00 bits per heavy atom. The van der Waals surface area contributed by atoms with E-state index in [4.69, 9.17) is 10.5 Å². The van der Waals surface area contributed by atoms with Crippen LogP contribution in [0.3, 0.4) is 0 Å². The SMILES string of the molecule is COc1nccnc1C(N)c1cnccc1C. The molecule has 0 bridgehead atoms. The number of hydrogen-bond donors (Lipinski definition) is 1. The highest BCUT2D eigenvalue weighted by Crippen LogP contribution is 2.25. The average Bonchev–Trinajstić information content (AvgIpc) is 2.38. The van der Waals surface area contributed by atoms with Gasteiger partial charge in [0.15, 0.2) is 0 Å². The summed E-state index contributed by atoms with van der Waals surface area (Å²) in [6, 6.07) is 1.53. The van der Waals surface area contributed by atoms with Gasteiger partial charge in [-0.3, -0.25) is 9.97 Å². The van der Waals surface area contributed by atoms with Gasteiger partial charge in [0.2, 0.25) is 5.88 Å². The van der Waals surface area contributed by atoms with Gasteiger partial charge < -0.3 is 10.5 Å². The van der Waals surface area contributed by atoms with E-state index < -0.39 is 0 Å². The van der Waals surface area contributed by atoms with Gasteiger partial charge in [-0.1, -0.05) is 0 Å². The fraction of sp³-hybridized carbons (Fsp3) is 0.250. The maximum atomic E-state index is 6.17. The summed E-state index contributed by atoms with van der Waals surface area (Å²) in [7, 11) is 1.55. The first-order chi connectivity index (χ1) is 8.24. The summed E-state index contributed by atoms with van der Waals surface area (Å²) in [5.74, 6) is 0.447. The van der Waals surface area contributed by atoms with Crippen molar-refractivity contribution in [2.45, 2.75) is 13.0 Å². The maximum Gasteiger partial charge on any atom is 0.237 e. The molecule has 2 aromatic heterocycles. The highest BCUT2D eigenvalue weighted by molar-refractivity contribution is 5.34. The molecule has 5 heteroatoms. The average molecular weight is 230 g/mol. The third kappa shape index (κ3) is 2.24. The molecule has 0 fully saturated rings. The normalized spacial score (nSPS) is 12.2. The van der Waals surface area contributed by atoms with Gasteiger partial charge in [0.05, 0.1) is 13.2 Å². The molecule has 2 rings (SSSR count). The Hall–Kier alpha value is -2.01. The predicted molar refractivity (Wildman–Crippen MR) is 63.6 cm³/mol. The molecule has 0 aromatic carbocycles. The summed E-state index contributed by atoms with van der Waals surface area (Å²) in [6.07, 6.45) is 6.65. The van der Waals surface area contributed by atoms with Crippen LogP contribution in [-0.2, 0) is 0 Å². The zero-order valence-corrected chi connectivity index (χ0v) is 9.79. The number of nitrogens with two attached hydrogens (primary N) is 1. The minimum Gasteiger partial charge on any atom is -0.480 e. The van der Waals surface area contributed by atoms with Gasteiger partial charge in [-0.15, -0.1) is 0 Å². The fourth-order valence-electron chi connectivity index (χ4n) is 1.66. The lowest BCUT2D eigenvalue weighted by Gasteiger charge is -2.15. The van der Waals surface area contributed by atoms with Gasteiger partial charge in [-0.05, 0) is 24.1 Å². The molecule has 5 nitrogen and oxygen atoms in total. The van der Waals surface area contributed by atoms with Gasteiger partial charge in [-0.2, -0.15) is 0 Å². The van der Waals surface area contributed by atoms with E-state index in [0.717, 1.165) is 11.1 Å². The third-order valence-corrected chi connectivity index (χ3v) is 2.59. The van der Waals surface area contributed by atoms with E-state index in [-0.39, 0.29) is 6.04 Å². The Bertz CT molecular complexity index is 515. The van der Waals surface area contributed by atoms with Crippen molar-refractivity contribution >= 4 is 0 Å². The summed E-state index contributed by atoms with van der Waals surface area (Å²) in [6.45, 7) is 1.99. The van der Waals surface area contributed by atoms with Crippen LogP contribution in [0.5, 0.6) is 5.88 Å². The molecule has 0 radical (unpaired) electrons. The van der Waals surface area contributed by atoms with Crippen LogP contribution in [0.4, 0.5) is 0 Å². The van der Waals surface area contributed by atoms with Crippen molar-refractivity contribution in [1.29, 1.82) is 0 Å². The topological polar surface area (TPSA) is 73.9 Å². The first-order valence-corrected chi connectivity index (χ1v) is 5.25. The van der Waals surface area contributed by atoms with Gasteiger partial charge in [0, 0.05) is 24.8 Å². The molecule has 2 N–H and O–H groups in total. The van der Waals surface area contributed by atoms with Gasteiger partial charge >= 0.3 is 0 Å². The van der Waals surface area contributed by atoms with Gasteiger partial charge in [0.25, 0.3) is 0 Å². The highest BCUT2D eigenvalue weighted by Gasteiger charge is 2.18. The molecular weight excluding hydrogens is 216 g/mol. The number of hydrogen-bond acceptors (Lipinski definition) is 5. The number of aromatic nitrogens is 3. The summed E-state index contributed by atoms with van der Waals surface area (Å²) in [4.78, 5) is 12.4. The number of nitrogens with zero attached hydrogens (tertiary/aromatic N) is 3. The number of ether oxygens (including phenoxy) is 1. The minimum atomic E-state index is -0.382. The van der Waals surface area contributed by atoms with Crippen molar-refractivity contribution in [3.63, 3.8) is 0 Å². The van der Waals surface area contributed by atoms with Crippen LogP contribution in [0.1, 0.15) is 22.9 Å². The van der Waals surface area contributed by atoms with Crippen molar-refractivity contribution in [2.24, 2.45) is 5.73 Å². The molecule has 1 unspecified atom stereocenters. The van der Waals surface area contributed by atoms with Crippen molar-refractivity contribution in [1.82, 2.24) is 15.0 Å². The lowest BCUT2D eigenvalue weighted by Crippen LogP contribution is -2.16. The number of rotatable bonds is 3. The summed E-state index contributed by atoms with van der Waals surface area (Å²) in [5, 5.41) is 0. The second-order valence-electron chi connectivity index (χ2n) is 3.66. The molecule has 0 aliphatic heterocycles. The standard InChI is InChI=1S/C12H14N4O/c1-8-3-4-14-7-9(8)10(13)11-12(17-2)16-6-5-15-11/h3-7,10H,13H2,1-2H3. The summed E-state index contributed by atoms with van der Waals surface area (Å²) < 4.78 is 5.15. The van der Waals surface area contributed by atoms with Crippen LogP contribution < -0.4 is 10.5 Å². The van der Waals surface area contributed by atoms with Crippen LogP contribution in [-0.4, -0.2) is 22.1 Å². The number of methoxy groups -OCH3 is 1. The molecule has 2 heterocycles. The van der Waals surface area contributed by atoms with E-state index in [2.05, 4.69) is 15.0 Å². The molecular formula is C12H14N4O. The lowest BCUT2D eigenvalue weighted by molar-refractivity contribution is 0.387. The van der Waals surface area contributed by atoms with E-state index in [9.17, 15) is 0 Å². The second kappa shape index (κ2) is 4.88. The molecule has 0 spiro atoms. The summed E-state index contributed by atoms with van der Waals surface area (Å²) in [5.41, 5.74) is 8.78. The van der Waals surface area contributed by atoms with E-state index >= 15 is 0 Å². The van der Waals surface area contributed by atoms with Crippen LogP contribution in [0.15, 0.2) is 30.9 Å². The largest absolute Gasteiger partial charge is 0.480 e. The molecule has 17 heavy (non-hydrogen) atoms.